The van der Waals surface area contributed by atoms with Gasteiger partial charge in [-0.25, -0.2) is 0 Å². The van der Waals surface area contributed by atoms with Gasteiger partial charge in [0.05, 0.1) is 7.11 Å². The molecule has 1 aliphatic rings. The molecule has 172 valence electrons. The number of guanidine groups is 1. The fraction of sp³-hybridized carbons (Fsp3) is 0.609. The molecule has 0 aliphatic carbocycles. The van der Waals surface area contributed by atoms with Crippen LogP contribution in [0.5, 0.6) is 5.75 Å². The van der Waals surface area contributed by atoms with Crippen molar-refractivity contribution in [1.29, 1.82) is 0 Å². The van der Waals surface area contributed by atoms with Crippen molar-refractivity contribution in [2.75, 3.05) is 27.2 Å². The van der Waals surface area contributed by atoms with E-state index in [-0.39, 0.29) is 24.0 Å². The predicted molar refractivity (Wildman–Crippen MR) is 137 cm³/mol. The number of aryl methyl sites for hydroxylation is 2. The fourth-order valence-electron chi connectivity index (χ4n) is 3.91. The summed E-state index contributed by atoms with van der Waals surface area (Å²) >= 11 is 0. The van der Waals surface area contributed by atoms with Crippen LogP contribution in [0.3, 0.4) is 0 Å². The minimum Gasteiger partial charge on any atom is -0.497 e. The fourth-order valence-corrected chi connectivity index (χ4v) is 3.91. The van der Waals surface area contributed by atoms with Gasteiger partial charge in [-0.1, -0.05) is 25.5 Å². The Morgan fingerprint density at radius 3 is 2.65 bits per heavy atom. The van der Waals surface area contributed by atoms with Gasteiger partial charge in [-0.2, -0.15) is 0 Å². The topological polar surface area (TPSA) is 76.4 Å². The van der Waals surface area contributed by atoms with Crippen LogP contribution in [0.15, 0.2) is 29.3 Å². The molecule has 1 unspecified atom stereocenters. The van der Waals surface area contributed by atoms with E-state index in [0.29, 0.717) is 5.92 Å². The minimum absolute atomic E-state index is 0. The maximum absolute atomic E-state index is 5.23. The molecule has 1 aromatic heterocycles. The number of nitrogens with one attached hydrogen (secondary N) is 2. The molecule has 31 heavy (non-hydrogen) atoms. The van der Waals surface area contributed by atoms with Crippen LogP contribution in [-0.4, -0.2) is 48.0 Å². The van der Waals surface area contributed by atoms with Crippen LogP contribution in [-0.2, 0) is 19.4 Å². The molecule has 0 bridgehead atoms. The van der Waals surface area contributed by atoms with Gasteiger partial charge in [-0.05, 0) is 49.3 Å². The van der Waals surface area contributed by atoms with E-state index < -0.39 is 0 Å². The van der Waals surface area contributed by atoms with Crippen molar-refractivity contribution in [3.05, 3.63) is 41.5 Å². The van der Waals surface area contributed by atoms with E-state index in [9.17, 15) is 0 Å². The molecule has 0 fully saturated rings. The predicted octanol–water partition coefficient (Wildman–Crippen LogP) is 3.92. The van der Waals surface area contributed by atoms with E-state index in [4.69, 9.17) is 4.74 Å². The Labute approximate surface area is 203 Å². The van der Waals surface area contributed by atoms with Crippen molar-refractivity contribution in [2.45, 2.75) is 64.3 Å². The standard InChI is InChI=1S/C23H36N6O.HI/c1-18(19-10-12-20(30-3)13-11-19)14-16-26-23(24-2)25-15-7-9-22-28-27-21-8-5-4-6-17-29(21)22;/h10-13,18H,4-9,14-17H2,1-3H3,(H2,24,25,26);1H. The summed E-state index contributed by atoms with van der Waals surface area (Å²) in [6, 6.07) is 8.32. The first-order valence-corrected chi connectivity index (χ1v) is 11.2. The van der Waals surface area contributed by atoms with Gasteiger partial charge >= 0.3 is 0 Å². The third-order valence-electron chi connectivity index (χ3n) is 5.83. The number of methoxy groups -OCH3 is 1. The van der Waals surface area contributed by atoms with Crippen molar-refractivity contribution in [3.8, 4) is 5.75 Å². The van der Waals surface area contributed by atoms with Crippen molar-refractivity contribution in [1.82, 2.24) is 25.4 Å². The SMILES string of the molecule is CN=C(NCCCc1nnc2n1CCCCC2)NCCC(C)c1ccc(OC)cc1.I. The number of aromatic nitrogens is 3. The lowest BCUT2D eigenvalue weighted by molar-refractivity contribution is 0.414. The number of rotatable bonds is 9. The van der Waals surface area contributed by atoms with Gasteiger partial charge in [0.1, 0.15) is 17.4 Å². The molecule has 1 atom stereocenters. The maximum Gasteiger partial charge on any atom is 0.190 e. The lowest BCUT2D eigenvalue weighted by atomic mass is 9.98. The molecule has 1 aliphatic heterocycles. The number of fused-ring (bicyclic) bond motifs is 1. The first-order valence-electron chi connectivity index (χ1n) is 11.2. The summed E-state index contributed by atoms with van der Waals surface area (Å²) < 4.78 is 7.57. The normalized spacial score (nSPS) is 14.7. The largest absolute Gasteiger partial charge is 0.497 e. The third kappa shape index (κ3) is 7.66. The summed E-state index contributed by atoms with van der Waals surface area (Å²) in [6.45, 7) is 5.07. The van der Waals surface area contributed by atoms with Gasteiger partial charge in [-0.3, -0.25) is 4.99 Å². The molecule has 0 saturated carbocycles. The van der Waals surface area contributed by atoms with E-state index in [1.165, 1.54) is 30.7 Å². The summed E-state index contributed by atoms with van der Waals surface area (Å²) in [5.41, 5.74) is 1.33. The lowest BCUT2D eigenvalue weighted by Crippen LogP contribution is -2.38. The molecule has 0 spiro atoms. The van der Waals surface area contributed by atoms with Crippen molar-refractivity contribution in [3.63, 3.8) is 0 Å². The molecule has 3 rings (SSSR count). The Morgan fingerprint density at radius 2 is 1.90 bits per heavy atom. The van der Waals surface area contributed by atoms with Crippen LogP contribution < -0.4 is 15.4 Å². The second-order valence-corrected chi connectivity index (χ2v) is 7.99. The zero-order chi connectivity index (χ0) is 21.2. The number of nitrogens with zero attached hydrogens (tertiary/aromatic N) is 4. The quantitative estimate of drug-likeness (QED) is 0.218. The zero-order valence-electron chi connectivity index (χ0n) is 19.1. The van der Waals surface area contributed by atoms with Gasteiger partial charge in [0.25, 0.3) is 0 Å². The van der Waals surface area contributed by atoms with Gasteiger partial charge in [-0.15, -0.1) is 34.2 Å². The number of aliphatic imine (C=N–C) groups is 1. The average molecular weight is 540 g/mol. The molecule has 0 saturated heterocycles. The van der Waals surface area contributed by atoms with Crippen LogP contribution in [0.4, 0.5) is 0 Å². The van der Waals surface area contributed by atoms with E-state index in [1.54, 1.807) is 7.11 Å². The maximum atomic E-state index is 5.23. The number of ether oxygens (including phenoxy) is 1. The molecule has 7 nitrogen and oxygen atoms in total. The second kappa shape index (κ2) is 13.5. The highest BCUT2D eigenvalue weighted by Crippen LogP contribution is 2.21. The first-order chi connectivity index (χ1) is 14.7. The number of benzene rings is 1. The van der Waals surface area contributed by atoms with Crippen molar-refractivity contribution in [2.24, 2.45) is 4.99 Å². The highest BCUT2D eigenvalue weighted by atomic mass is 127. The molecule has 2 aromatic rings. The number of halogens is 1. The van der Waals surface area contributed by atoms with Crippen LogP contribution >= 0.6 is 24.0 Å². The highest BCUT2D eigenvalue weighted by Gasteiger charge is 2.14. The van der Waals surface area contributed by atoms with E-state index >= 15 is 0 Å². The van der Waals surface area contributed by atoms with E-state index in [0.717, 1.165) is 62.9 Å². The van der Waals surface area contributed by atoms with Crippen LogP contribution in [0.1, 0.15) is 62.2 Å². The molecule has 2 heterocycles. The monoisotopic (exact) mass is 540 g/mol. The Bertz CT molecular complexity index is 805. The molecule has 0 radical (unpaired) electrons. The Kier molecular flexibility index (Phi) is 11.1. The Morgan fingerprint density at radius 1 is 1.13 bits per heavy atom. The lowest BCUT2D eigenvalue weighted by Gasteiger charge is -2.15. The number of hydrogen-bond donors (Lipinski definition) is 2. The highest BCUT2D eigenvalue weighted by molar-refractivity contribution is 14.0. The number of hydrogen-bond acceptors (Lipinski definition) is 4. The average Bonchev–Trinajstić information content (AvgIpc) is 3.01. The van der Waals surface area contributed by atoms with Crippen LogP contribution in [0.25, 0.3) is 0 Å². The molecule has 0 amide bonds. The summed E-state index contributed by atoms with van der Waals surface area (Å²) in [5.74, 6) is 4.53. The molecular weight excluding hydrogens is 503 g/mol. The zero-order valence-corrected chi connectivity index (χ0v) is 21.4. The van der Waals surface area contributed by atoms with Crippen LogP contribution in [0.2, 0.25) is 0 Å². The van der Waals surface area contributed by atoms with Gasteiger partial charge < -0.3 is 19.9 Å². The molecule has 1 aromatic carbocycles. The van der Waals surface area contributed by atoms with Crippen LogP contribution in [0, 0.1) is 0 Å². The summed E-state index contributed by atoms with van der Waals surface area (Å²) in [4.78, 5) is 4.34. The minimum atomic E-state index is 0. The van der Waals surface area contributed by atoms with E-state index in [2.05, 4.69) is 49.4 Å². The second-order valence-electron chi connectivity index (χ2n) is 7.99. The first kappa shape index (κ1) is 25.4. The molecular formula is C23H37IN6O. The Balaban J connectivity index is 0.00000341. The van der Waals surface area contributed by atoms with Crippen molar-refractivity contribution < 1.29 is 4.74 Å². The smallest absolute Gasteiger partial charge is 0.190 e. The van der Waals surface area contributed by atoms with Gasteiger partial charge in [0.15, 0.2) is 5.96 Å². The van der Waals surface area contributed by atoms with Gasteiger partial charge in [0.2, 0.25) is 0 Å². The molecule has 8 heteroatoms. The van der Waals surface area contributed by atoms with E-state index in [1.807, 2.05) is 19.2 Å². The van der Waals surface area contributed by atoms with Gasteiger partial charge in [0, 0.05) is 39.5 Å². The third-order valence-corrected chi connectivity index (χ3v) is 5.83. The summed E-state index contributed by atoms with van der Waals surface area (Å²) in [7, 11) is 3.52. The van der Waals surface area contributed by atoms with Crippen molar-refractivity contribution >= 4 is 29.9 Å². The Hall–Kier alpha value is -1.84. The summed E-state index contributed by atoms with van der Waals surface area (Å²) in [5, 5.41) is 15.6. The molecule has 2 N–H and O–H groups in total. The summed E-state index contributed by atoms with van der Waals surface area (Å²) in [6.07, 6.45) is 7.84.